The van der Waals surface area contributed by atoms with Gasteiger partial charge in [0.25, 0.3) is 5.91 Å². The number of aliphatic imine (C=N–C) groups is 1. The van der Waals surface area contributed by atoms with Gasteiger partial charge in [0.2, 0.25) is 0 Å². The van der Waals surface area contributed by atoms with Crippen LogP contribution in [0.25, 0.3) is 0 Å². The second kappa shape index (κ2) is 9.49. The predicted octanol–water partition coefficient (Wildman–Crippen LogP) is 6.16. The van der Waals surface area contributed by atoms with E-state index < -0.39 is 17.5 Å². The minimum atomic E-state index is -4.59. The first-order chi connectivity index (χ1) is 15.6. The lowest BCUT2D eigenvalue weighted by molar-refractivity contribution is -0.158. The first-order valence-electron chi connectivity index (χ1n) is 10.4. The largest absolute Gasteiger partial charge is 0.409 e. The van der Waals surface area contributed by atoms with Gasteiger partial charge in [0, 0.05) is 34.3 Å². The molecule has 1 fully saturated rings. The predicted molar refractivity (Wildman–Crippen MR) is 126 cm³/mol. The van der Waals surface area contributed by atoms with Crippen LogP contribution in [0, 0.1) is 6.92 Å². The Balaban J connectivity index is 1.55. The van der Waals surface area contributed by atoms with E-state index in [1.807, 2.05) is 0 Å². The Kier molecular flexibility index (Phi) is 7.01. The van der Waals surface area contributed by atoms with Gasteiger partial charge in [0.1, 0.15) is 0 Å². The number of amides is 1. The molecule has 2 aliphatic heterocycles. The average Bonchev–Trinajstić information content (AvgIpc) is 3.41. The summed E-state index contributed by atoms with van der Waals surface area (Å²) in [6, 6.07) is 8.87. The molecule has 2 aromatic carbocycles. The summed E-state index contributed by atoms with van der Waals surface area (Å²) < 4.78 is 46.0. The Bertz CT molecular complexity index is 1080. The maximum atomic E-state index is 14.3. The van der Waals surface area contributed by atoms with E-state index in [1.54, 1.807) is 25.1 Å². The average molecular weight is 517 g/mol. The Labute approximate surface area is 203 Å². The normalized spacial score (nSPS) is 23.0. The lowest BCUT2D eigenvalue weighted by Gasteiger charge is -2.30. The highest BCUT2D eigenvalue weighted by Crippen LogP contribution is 2.54. The van der Waals surface area contributed by atoms with Crippen LogP contribution in [0.4, 0.5) is 13.2 Å². The zero-order valence-electron chi connectivity index (χ0n) is 17.6. The van der Waals surface area contributed by atoms with Crippen molar-refractivity contribution in [1.82, 2.24) is 5.32 Å². The molecule has 0 bridgehead atoms. The smallest absolute Gasteiger partial charge is 0.376 e. The lowest BCUT2D eigenvalue weighted by Crippen LogP contribution is -2.40. The third-order valence-corrected chi connectivity index (χ3v) is 7.67. The minimum absolute atomic E-state index is 0.0215. The van der Waals surface area contributed by atoms with Crippen LogP contribution < -0.4 is 5.32 Å². The maximum Gasteiger partial charge on any atom is 0.409 e. The molecule has 1 N–H and O–H groups in total. The van der Waals surface area contributed by atoms with Crippen molar-refractivity contribution in [1.29, 1.82) is 0 Å². The third kappa shape index (κ3) is 5.04. The van der Waals surface area contributed by atoms with E-state index in [9.17, 15) is 18.0 Å². The molecule has 2 heterocycles. The molecule has 0 spiro atoms. The van der Waals surface area contributed by atoms with Crippen LogP contribution in [-0.2, 0) is 9.48 Å². The summed E-state index contributed by atoms with van der Waals surface area (Å²) in [4.78, 5) is 16.8. The van der Waals surface area contributed by atoms with E-state index in [4.69, 9.17) is 27.9 Å². The van der Waals surface area contributed by atoms with Crippen molar-refractivity contribution in [3.05, 3.63) is 68.7 Å². The fourth-order valence-corrected chi connectivity index (χ4v) is 5.68. The molecular weight excluding hydrogens is 496 g/mol. The van der Waals surface area contributed by atoms with Gasteiger partial charge in [-0.1, -0.05) is 41.0 Å². The van der Waals surface area contributed by atoms with Gasteiger partial charge < -0.3 is 10.1 Å². The monoisotopic (exact) mass is 516 g/mol. The molecule has 2 aromatic rings. The van der Waals surface area contributed by atoms with Crippen molar-refractivity contribution in [2.75, 3.05) is 19.7 Å². The van der Waals surface area contributed by atoms with Gasteiger partial charge >= 0.3 is 6.18 Å². The lowest BCUT2D eigenvalue weighted by atomic mass is 9.97. The van der Waals surface area contributed by atoms with Gasteiger partial charge in [-0.15, -0.1) is 0 Å². The Morgan fingerprint density at radius 3 is 2.58 bits per heavy atom. The zero-order valence-corrected chi connectivity index (χ0v) is 20.0. The summed E-state index contributed by atoms with van der Waals surface area (Å²) in [5.41, 5.74) is 1.59. The summed E-state index contributed by atoms with van der Waals surface area (Å²) in [7, 11) is 0. The summed E-state index contributed by atoms with van der Waals surface area (Å²) >= 11 is 12.6. The molecule has 10 heteroatoms. The Morgan fingerprint density at radius 2 is 1.97 bits per heavy atom. The van der Waals surface area contributed by atoms with Crippen LogP contribution in [-0.4, -0.2) is 42.9 Å². The van der Waals surface area contributed by atoms with Gasteiger partial charge in [-0.2, -0.15) is 13.2 Å². The van der Waals surface area contributed by atoms with E-state index in [1.165, 1.54) is 18.2 Å². The quantitative estimate of drug-likeness (QED) is 0.517. The number of aryl methyl sites for hydroxylation is 1. The SMILES string of the molecule is Cc1cc(C2=NCC(c3cc(Cl)cc(Cl)c3)(C(F)(F)F)S2)ccc1C(=O)NCC1CCCO1. The number of hydrogen-bond acceptors (Lipinski definition) is 4. The summed E-state index contributed by atoms with van der Waals surface area (Å²) in [5, 5.41) is 3.37. The molecule has 176 valence electrons. The van der Waals surface area contributed by atoms with Crippen LogP contribution in [0.2, 0.25) is 10.0 Å². The molecule has 4 rings (SSSR count). The molecular formula is C23H21Cl2F3N2O2S. The second-order valence-electron chi connectivity index (χ2n) is 8.08. The maximum absolute atomic E-state index is 14.3. The van der Waals surface area contributed by atoms with E-state index in [0.717, 1.165) is 12.8 Å². The number of hydrogen-bond donors (Lipinski definition) is 1. The molecule has 4 nitrogen and oxygen atoms in total. The highest BCUT2D eigenvalue weighted by Gasteiger charge is 2.59. The van der Waals surface area contributed by atoms with Gasteiger partial charge in [-0.3, -0.25) is 9.79 Å². The highest BCUT2D eigenvalue weighted by atomic mass is 35.5. The van der Waals surface area contributed by atoms with Crippen molar-refractivity contribution in [3.8, 4) is 0 Å². The zero-order chi connectivity index (χ0) is 23.8. The third-order valence-electron chi connectivity index (χ3n) is 5.74. The van der Waals surface area contributed by atoms with Crippen molar-refractivity contribution >= 4 is 45.9 Å². The van der Waals surface area contributed by atoms with Crippen LogP contribution in [0.15, 0.2) is 41.4 Å². The number of thioether (sulfide) groups is 1. The Hall–Kier alpha value is -1.74. The standard InChI is InChI=1S/C23H21Cl2F3N2O2S/c1-13-7-14(4-5-19(13)20(31)29-11-18-3-2-6-32-18)21-30-12-22(33-21,23(26,27)28)15-8-16(24)10-17(25)9-15/h4-5,7-10,18H,2-3,6,11-12H2,1H3,(H,29,31). The van der Waals surface area contributed by atoms with Crippen molar-refractivity contribution in [2.45, 2.75) is 36.8 Å². The molecule has 0 aromatic heterocycles. The van der Waals surface area contributed by atoms with Crippen molar-refractivity contribution < 1.29 is 22.7 Å². The molecule has 0 radical (unpaired) electrons. The second-order valence-corrected chi connectivity index (χ2v) is 10.2. The van der Waals surface area contributed by atoms with E-state index in [-0.39, 0.29) is 32.7 Å². The van der Waals surface area contributed by atoms with Gasteiger partial charge in [0.05, 0.1) is 17.7 Å². The van der Waals surface area contributed by atoms with E-state index in [2.05, 4.69) is 10.3 Å². The number of nitrogens with zero attached hydrogens (tertiary/aromatic N) is 1. The molecule has 2 aliphatic rings. The Morgan fingerprint density at radius 1 is 1.24 bits per heavy atom. The molecule has 33 heavy (non-hydrogen) atoms. The molecule has 1 saturated heterocycles. The summed E-state index contributed by atoms with van der Waals surface area (Å²) in [6.45, 7) is 2.39. The van der Waals surface area contributed by atoms with E-state index in [0.29, 0.717) is 41.6 Å². The number of rotatable bonds is 5. The topological polar surface area (TPSA) is 50.7 Å². The summed E-state index contributed by atoms with van der Waals surface area (Å²) in [6.07, 6.45) is -2.68. The summed E-state index contributed by atoms with van der Waals surface area (Å²) in [5.74, 6) is -0.242. The highest BCUT2D eigenvalue weighted by molar-refractivity contribution is 8.15. The van der Waals surface area contributed by atoms with Gasteiger partial charge in [0.15, 0.2) is 4.75 Å². The number of alkyl halides is 3. The van der Waals surface area contributed by atoms with Crippen molar-refractivity contribution in [3.63, 3.8) is 0 Å². The number of halogens is 5. The molecule has 0 saturated carbocycles. The molecule has 2 unspecified atom stereocenters. The number of ether oxygens (including phenoxy) is 1. The van der Waals surface area contributed by atoms with E-state index >= 15 is 0 Å². The van der Waals surface area contributed by atoms with Crippen molar-refractivity contribution in [2.24, 2.45) is 4.99 Å². The van der Waals surface area contributed by atoms with Crippen LogP contribution in [0.3, 0.4) is 0 Å². The number of benzene rings is 2. The fraction of sp³-hybridized carbons (Fsp3) is 0.391. The number of carbonyl (C=O) groups excluding carboxylic acids is 1. The fourth-order valence-electron chi connectivity index (χ4n) is 3.97. The molecule has 2 atom stereocenters. The van der Waals surface area contributed by atoms with Gasteiger partial charge in [-0.05, 0) is 61.2 Å². The first kappa shape index (κ1) is 24.4. The van der Waals surface area contributed by atoms with Crippen LogP contribution in [0.1, 0.15) is 39.9 Å². The first-order valence-corrected chi connectivity index (χ1v) is 11.9. The number of nitrogens with one attached hydrogen (secondary N) is 1. The minimum Gasteiger partial charge on any atom is -0.376 e. The van der Waals surface area contributed by atoms with Crippen LogP contribution in [0.5, 0.6) is 0 Å². The van der Waals surface area contributed by atoms with Crippen LogP contribution >= 0.6 is 35.0 Å². The van der Waals surface area contributed by atoms with Gasteiger partial charge in [-0.25, -0.2) is 0 Å². The molecule has 0 aliphatic carbocycles. The molecule has 1 amide bonds. The number of carbonyl (C=O) groups is 1.